The first-order valence-electron chi connectivity index (χ1n) is 13.3. The van der Waals surface area contributed by atoms with Crippen molar-refractivity contribution in [3.05, 3.63) is 80.5 Å². The third-order valence-electron chi connectivity index (χ3n) is 8.51. The standard InChI is InChI=1S/C30H30Cl3FN4O/c1-16(2)37-15-27-17(3)28(37)14-36(27)13-18-9-21(20-8-7-19(34)11-25(20)33)22-12-35-30(39)38(26(22)10-18)29-23(31)5-4-6-24(29)32/h4-11,16-17,27-28H,12-15H2,1-3H3,(H,35,39)/t17-,27?,28?/m1/s1. The Morgan fingerprint density at radius 3 is 2.36 bits per heavy atom. The number of hydrogen-bond donors (Lipinski definition) is 1. The minimum Gasteiger partial charge on any atom is -0.333 e. The zero-order chi connectivity index (χ0) is 27.6. The van der Waals surface area contributed by atoms with Gasteiger partial charge in [-0.15, -0.1) is 0 Å². The van der Waals surface area contributed by atoms with Gasteiger partial charge in [0.25, 0.3) is 0 Å². The van der Waals surface area contributed by atoms with Gasteiger partial charge in [0.2, 0.25) is 0 Å². The van der Waals surface area contributed by atoms with Gasteiger partial charge in [0, 0.05) is 55.4 Å². The van der Waals surface area contributed by atoms with Gasteiger partial charge in [-0.25, -0.2) is 9.18 Å². The summed E-state index contributed by atoms with van der Waals surface area (Å²) in [6, 6.07) is 15.0. The second-order valence-corrected chi connectivity index (χ2v) is 12.3. The van der Waals surface area contributed by atoms with E-state index in [-0.39, 0.29) is 6.03 Å². The first kappa shape index (κ1) is 26.9. The molecule has 2 amide bonds. The van der Waals surface area contributed by atoms with Crippen LogP contribution in [0.3, 0.4) is 0 Å². The third kappa shape index (κ3) is 4.60. The zero-order valence-corrected chi connectivity index (χ0v) is 24.3. The monoisotopic (exact) mass is 586 g/mol. The maximum atomic E-state index is 14.0. The van der Waals surface area contributed by atoms with Crippen molar-refractivity contribution in [1.29, 1.82) is 0 Å². The van der Waals surface area contributed by atoms with E-state index < -0.39 is 5.82 Å². The molecular weight excluding hydrogens is 558 g/mol. The lowest BCUT2D eigenvalue weighted by Gasteiger charge is -2.37. The number of piperazine rings is 1. The maximum absolute atomic E-state index is 14.0. The lowest BCUT2D eigenvalue weighted by atomic mass is 9.93. The molecule has 204 valence electrons. The van der Waals surface area contributed by atoms with Gasteiger partial charge in [0.1, 0.15) is 5.82 Å². The van der Waals surface area contributed by atoms with Crippen LogP contribution < -0.4 is 10.2 Å². The molecule has 1 N–H and O–H groups in total. The number of hydrogen-bond acceptors (Lipinski definition) is 3. The Morgan fingerprint density at radius 2 is 1.72 bits per heavy atom. The van der Waals surface area contributed by atoms with E-state index in [1.165, 1.54) is 12.1 Å². The summed E-state index contributed by atoms with van der Waals surface area (Å²) in [6.45, 7) is 9.94. The van der Waals surface area contributed by atoms with E-state index in [2.05, 4.69) is 48.0 Å². The molecule has 5 nitrogen and oxygen atoms in total. The molecule has 9 heteroatoms. The van der Waals surface area contributed by atoms with Crippen molar-refractivity contribution in [3.63, 3.8) is 0 Å². The molecule has 3 aromatic rings. The van der Waals surface area contributed by atoms with Crippen LogP contribution in [0.25, 0.3) is 11.1 Å². The molecule has 3 aliphatic heterocycles. The molecule has 0 radical (unpaired) electrons. The molecule has 0 saturated carbocycles. The van der Waals surface area contributed by atoms with Crippen molar-refractivity contribution < 1.29 is 9.18 Å². The van der Waals surface area contributed by atoms with Gasteiger partial charge in [0.15, 0.2) is 0 Å². The quantitative estimate of drug-likeness (QED) is 0.332. The van der Waals surface area contributed by atoms with Crippen molar-refractivity contribution in [2.75, 3.05) is 18.0 Å². The summed E-state index contributed by atoms with van der Waals surface area (Å²) in [6.07, 6.45) is 0. The molecule has 2 saturated heterocycles. The van der Waals surface area contributed by atoms with Crippen LogP contribution >= 0.6 is 34.8 Å². The Kier molecular flexibility index (Phi) is 7.05. The summed E-state index contributed by atoms with van der Waals surface area (Å²) in [4.78, 5) is 20.0. The largest absolute Gasteiger partial charge is 0.333 e. The summed E-state index contributed by atoms with van der Waals surface area (Å²) in [5.74, 6) is 0.184. The van der Waals surface area contributed by atoms with E-state index in [0.717, 1.165) is 36.3 Å². The first-order valence-corrected chi connectivity index (χ1v) is 14.4. The van der Waals surface area contributed by atoms with Crippen molar-refractivity contribution >= 4 is 52.2 Å². The number of urea groups is 1. The first-order chi connectivity index (χ1) is 18.6. The Labute approximate surface area is 243 Å². The predicted octanol–water partition coefficient (Wildman–Crippen LogP) is 7.73. The molecule has 39 heavy (non-hydrogen) atoms. The fourth-order valence-electron chi connectivity index (χ4n) is 6.60. The van der Waals surface area contributed by atoms with Crippen LogP contribution in [-0.4, -0.2) is 47.0 Å². The number of anilines is 2. The van der Waals surface area contributed by atoms with E-state index in [0.29, 0.717) is 62.6 Å². The SMILES string of the molecule is CC(C)N1CC2[C@@H](C)C1CN2Cc1cc(-c2ccc(F)cc2Cl)c2c(c1)N(c1c(Cl)cccc1Cl)C(=O)NC2. The molecule has 2 unspecified atom stereocenters. The Morgan fingerprint density at radius 1 is 0.974 bits per heavy atom. The van der Waals surface area contributed by atoms with Crippen LogP contribution in [0.5, 0.6) is 0 Å². The van der Waals surface area contributed by atoms with Crippen molar-refractivity contribution in [3.8, 4) is 11.1 Å². The summed E-state index contributed by atoms with van der Waals surface area (Å²) in [5, 5.41) is 4.01. The Balaban J connectivity index is 1.48. The number of halogens is 4. The summed E-state index contributed by atoms with van der Waals surface area (Å²) in [7, 11) is 0. The van der Waals surface area contributed by atoms with Gasteiger partial charge in [-0.05, 0) is 73.4 Å². The van der Waals surface area contributed by atoms with Gasteiger partial charge in [-0.3, -0.25) is 14.7 Å². The number of benzene rings is 3. The normalized spacial score (nSPS) is 23.0. The fraction of sp³-hybridized carbons (Fsp3) is 0.367. The lowest BCUT2D eigenvalue weighted by molar-refractivity contribution is 0.0998. The lowest BCUT2D eigenvalue weighted by Crippen LogP contribution is -2.48. The van der Waals surface area contributed by atoms with Crippen molar-refractivity contribution in [2.45, 2.75) is 52.0 Å². The number of likely N-dealkylation sites (tertiary alicyclic amines) is 2. The number of carbonyl (C=O) groups is 1. The number of nitrogens with zero attached hydrogens (tertiary/aromatic N) is 3. The number of para-hydroxylation sites is 1. The van der Waals surface area contributed by atoms with Gasteiger partial charge < -0.3 is 5.32 Å². The highest BCUT2D eigenvalue weighted by atomic mass is 35.5. The summed E-state index contributed by atoms with van der Waals surface area (Å²) < 4.78 is 14.0. The smallest absolute Gasteiger partial charge is 0.326 e. The maximum Gasteiger partial charge on any atom is 0.326 e. The van der Waals surface area contributed by atoms with Gasteiger partial charge in [-0.1, -0.05) is 47.8 Å². The highest BCUT2D eigenvalue weighted by molar-refractivity contribution is 6.40. The van der Waals surface area contributed by atoms with E-state index in [1.807, 2.05) is 0 Å². The third-order valence-corrected chi connectivity index (χ3v) is 9.43. The van der Waals surface area contributed by atoms with Crippen LogP contribution in [0.1, 0.15) is 31.9 Å². The molecule has 0 spiro atoms. The zero-order valence-electron chi connectivity index (χ0n) is 22.0. The highest BCUT2D eigenvalue weighted by Gasteiger charge is 2.49. The minimum absolute atomic E-state index is 0.296. The Bertz CT molecular complexity index is 1440. The minimum atomic E-state index is -0.400. The van der Waals surface area contributed by atoms with E-state index >= 15 is 0 Å². The van der Waals surface area contributed by atoms with E-state index in [9.17, 15) is 9.18 Å². The van der Waals surface area contributed by atoms with Gasteiger partial charge >= 0.3 is 6.03 Å². The molecule has 6 rings (SSSR count). The highest BCUT2D eigenvalue weighted by Crippen LogP contribution is 2.45. The number of rotatable bonds is 5. The molecule has 3 atom stereocenters. The summed E-state index contributed by atoms with van der Waals surface area (Å²) in [5.41, 5.74) is 4.59. The topological polar surface area (TPSA) is 38.8 Å². The molecule has 2 fully saturated rings. The second kappa shape index (κ2) is 10.2. The average Bonchev–Trinajstić information content (AvgIpc) is 3.36. The van der Waals surface area contributed by atoms with E-state index in [4.69, 9.17) is 34.8 Å². The molecule has 0 aromatic heterocycles. The summed E-state index contributed by atoms with van der Waals surface area (Å²) >= 11 is 19.8. The van der Waals surface area contributed by atoms with Crippen LogP contribution in [0, 0.1) is 11.7 Å². The van der Waals surface area contributed by atoms with Crippen molar-refractivity contribution in [1.82, 2.24) is 15.1 Å². The Hall–Kier alpha value is -2.35. The van der Waals surface area contributed by atoms with Crippen LogP contribution in [0.4, 0.5) is 20.6 Å². The molecule has 2 bridgehead atoms. The van der Waals surface area contributed by atoms with Crippen LogP contribution in [0.2, 0.25) is 15.1 Å². The fourth-order valence-corrected chi connectivity index (χ4v) is 7.43. The van der Waals surface area contributed by atoms with E-state index in [1.54, 1.807) is 29.2 Å². The molecule has 3 aliphatic rings. The molecule has 0 aliphatic carbocycles. The molecule has 3 aromatic carbocycles. The number of nitrogens with one attached hydrogen (secondary N) is 1. The second-order valence-electron chi connectivity index (χ2n) is 11.0. The average molecular weight is 588 g/mol. The molecular formula is C30H30Cl3FN4O. The van der Waals surface area contributed by atoms with Gasteiger partial charge in [-0.2, -0.15) is 0 Å². The van der Waals surface area contributed by atoms with Crippen LogP contribution in [0.15, 0.2) is 48.5 Å². The predicted molar refractivity (Wildman–Crippen MR) is 157 cm³/mol. The van der Waals surface area contributed by atoms with Crippen LogP contribution in [-0.2, 0) is 13.1 Å². The number of amides is 2. The van der Waals surface area contributed by atoms with Gasteiger partial charge in [0.05, 0.1) is 26.4 Å². The molecule has 3 heterocycles. The van der Waals surface area contributed by atoms with Crippen molar-refractivity contribution in [2.24, 2.45) is 5.92 Å². The number of fused-ring (bicyclic) bond motifs is 3. The number of carbonyl (C=O) groups excluding carboxylic acids is 1.